The van der Waals surface area contributed by atoms with Gasteiger partial charge in [-0.1, -0.05) is 0 Å². The smallest absolute Gasteiger partial charge is 0.170 e. The van der Waals surface area contributed by atoms with Gasteiger partial charge in [-0.25, -0.2) is 29.9 Å². The van der Waals surface area contributed by atoms with Crippen LogP contribution >= 0.6 is 0 Å². The van der Waals surface area contributed by atoms with Crippen LogP contribution in [0.2, 0.25) is 0 Å². The average molecular weight is 585 g/mol. The third-order valence-corrected chi connectivity index (χ3v) is 7.51. The van der Waals surface area contributed by atoms with E-state index in [0.717, 1.165) is 0 Å². The molecule has 2 aliphatic heterocycles. The minimum atomic E-state index is -1.35. The van der Waals surface area contributed by atoms with Crippen molar-refractivity contribution in [3.8, 4) is 0 Å². The Balaban J connectivity index is 1.26. The summed E-state index contributed by atoms with van der Waals surface area (Å²) < 4.78 is 15.4. The Hall–Kier alpha value is -4.21. The second-order valence-electron chi connectivity index (χ2n) is 9.85. The molecule has 5 aromatic rings. The average Bonchev–Trinajstić information content (AvgIpc) is 3.80. The summed E-state index contributed by atoms with van der Waals surface area (Å²) in [5.41, 5.74) is 1.29. The number of rotatable bonds is 7. The highest BCUT2D eigenvalue weighted by atomic mass is 16.6. The summed E-state index contributed by atoms with van der Waals surface area (Å²) in [6.07, 6.45) is -3.66. The van der Waals surface area contributed by atoms with E-state index in [-0.39, 0.29) is 45.3 Å². The van der Waals surface area contributed by atoms with E-state index in [0.29, 0.717) is 6.29 Å². The Bertz CT molecular complexity index is 1810. The Labute approximate surface area is 233 Å². The molecule has 0 aromatic carbocycles. The fourth-order valence-corrected chi connectivity index (χ4v) is 5.33. The summed E-state index contributed by atoms with van der Waals surface area (Å²) in [7, 11) is 0. The molecule has 19 heteroatoms. The van der Waals surface area contributed by atoms with E-state index in [1.807, 2.05) is 0 Å². The lowest BCUT2D eigenvalue weighted by molar-refractivity contribution is -0.0511. The van der Waals surface area contributed by atoms with Crippen LogP contribution in [0.15, 0.2) is 25.3 Å². The lowest BCUT2D eigenvalue weighted by Gasteiger charge is -2.16. The quantitative estimate of drug-likeness (QED) is 0.0940. The van der Waals surface area contributed by atoms with Crippen LogP contribution in [0.5, 0.6) is 0 Å². The Morgan fingerprint density at radius 2 is 1.33 bits per heavy atom. The minimum absolute atomic E-state index is 0.0801. The SMILES string of the molecule is O=Cc1c(Nc2ncnc3c2ncn3[C@@H]2O[C@H](CO)[C@@H](O)[C@H]2O)nc2c3ncn([C@@H]4O[C@H](CO)[C@@H](O)[C@H]4O)c3ncn12. The maximum atomic E-state index is 12.2. The van der Waals surface area contributed by atoms with Gasteiger partial charge in [0.1, 0.15) is 55.0 Å². The number of ether oxygens (including phenoxy) is 2. The number of anilines is 2. The number of aromatic nitrogens is 9. The van der Waals surface area contributed by atoms with Crippen molar-refractivity contribution in [2.24, 2.45) is 0 Å². The lowest BCUT2D eigenvalue weighted by atomic mass is 10.1. The maximum absolute atomic E-state index is 12.2. The van der Waals surface area contributed by atoms with E-state index in [1.54, 1.807) is 0 Å². The lowest BCUT2D eigenvalue weighted by Crippen LogP contribution is -2.33. The molecule has 42 heavy (non-hydrogen) atoms. The van der Waals surface area contributed by atoms with E-state index in [4.69, 9.17) is 9.47 Å². The number of carbonyl (C=O) groups excluding carboxylic acids is 1. The van der Waals surface area contributed by atoms with Gasteiger partial charge in [0.2, 0.25) is 0 Å². The zero-order valence-corrected chi connectivity index (χ0v) is 21.4. The number of aldehydes is 1. The highest BCUT2D eigenvalue weighted by Crippen LogP contribution is 2.34. The third-order valence-electron chi connectivity index (χ3n) is 7.51. The van der Waals surface area contributed by atoms with Crippen molar-refractivity contribution < 1.29 is 44.9 Å². The molecule has 220 valence electrons. The molecule has 0 aliphatic carbocycles. The van der Waals surface area contributed by atoms with Crippen LogP contribution in [0, 0.1) is 0 Å². The van der Waals surface area contributed by atoms with Gasteiger partial charge in [0.05, 0.1) is 25.9 Å². The van der Waals surface area contributed by atoms with E-state index in [2.05, 4.69) is 35.2 Å². The molecular formula is C23H24N10O9. The summed E-state index contributed by atoms with van der Waals surface area (Å²) in [4.78, 5) is 38.2. The summed E-state index contributed by atoms with van der Waals surface area (Å²) >= 11 is 0. The third kappa shape index (κ3) is 3.80. The van der Waals surface area contributed by atoms with Crippen molar-refractivity contribution in [2.45, 2.75) is 49.1 Å². The molecule has 7 heterocycles. The van der Waals surface area contributed by atoms with Crippen molar-refractivity contribution in [3.63, 3.8) is 0 Å². The van der Waals surface area contributed by atoms with Crippen molar-refractivity contribution in [3.05, 3.63) is 31.0 Å². The number of nitrogens with zero attached hydrogens (tertiary/aromatic N) is 9. The molecule has 7 rings (SSSR count). The zero-order chi connectivity index (χ0) is 29.3. The van der Waals surface area contributed by atoms with Crippen molar-refractivity contribution in [2.75, 3.05) is 18.5 Å². The first-order valence-electron chi connectivity index (χ1n) is 12.7. The van der Waals surface area contributed by atoms with Gasteiger partial charge in [0.25, 0.3) is 0 Å². The Kier molecular flexibility index (Phi) is 6.32. The summed E-state index contributed by atoms with van der Waals surface area (Å²) in [5, 5.41) is 63.1. The molecule has 0 unspecified atom stereocenters. The zero-order valence-electron chi connectivity index (χ0n) is 21.4. The molecule has 0 bridgehead atoms. The van der Waals surface area contributed by atoms with Gasteiger partial charge in [0.15, 0.2) is 58.4 Å². The first kappa shape index (κ1) is 26.7. The van der Waals surface area contributed by atoms with Crippen LogP contribution in [-0.2, 0) is 9.47 Å². The molecule has 19 nitrogen and oxygen atoms in total. The Morgan fingerprint density at radius 1 is 0.738 bits per heavy atom. The fourth-order valence-electron chi connectivity index (χ4n) is 5.33. The summed E-state index contributed by atoms with van der Waals surface area (Å²) in [6, 6.07) is 0. The van der Waals surface area contributed by atoms with Crippen molar-refractivity contribution in [1.29, 1.82) is 0 Å². The molecular weight excluding hydrogens is 560 g/mol. The predicted molar refractivity (Wildman–Crippen MR) is 136 cm³/mol. The van der Waals surface area contributed by atoms with E-state index < -0.39 is 62.3 Å². The molecule has 0 radical (unpaired) electrons. The first-order valence-corrected chi connectivity index (χ1v) is 12.7. The van der Waals surface area contributed by atoms with Crippen LogP contribution < -0.4 is 5.32 Å². The number of fused-ring (bicyclic) bond motifs is 4. The van der Waals surface area contributed by atoms with Gasteiger partial charge < -0.3 is 45.4 Å². The van der Waals surface area contributed by atoms with Gasteiger partial charge in [-0.2, -0.15) is 0 Å². The predicted octanol–water partition coefficient (Wildman–Crippen LogP) is -3.00. The fraction of sp³-hybridized carbons (Fsp3) is 0.435. The van der Waals surface area contributed by atoms with Crippen LogP contribution in [0.25, 0.3) is 28.0 Å². The topological polar surface area (TPSA) is 261 Å². The number of aliphatic hydroxyl groups is 6. The first-order chi connectivity index (χ1) is 20.4. The maximum Gasteiger partial charge on any atom is 0.170 e. The summed E-state index contributed by atoms with van der Waals surface area (Å²) in [5.74, 6) is 0.252. The number of hydrogen-bond donors (Lipinski definition) is 7. The standard InChI is InChI=1S/C23H24N10O9/c34-1-8-17(29-18-11-19(25-4-24-18)32(5-26-11)22-15(39)13(37)9(2-35)41-22)30-21-12-20(28-7-31(8)21)33(6-27-12)23-16(40)14(38)10(3-36)42-23/h1,4-7,9-10,13-16,22-23,35-40H,2-3H2,(H,24,25,29)/t9-,10-,13-,14-,15-,16-,22-,23-/m1/s1. The monoisotopic (exact) mass is 584 g/mol. The van der Waals surface area contributed by atoms with E-state index in [9.17, 15) is 35.4 Å². The van der Waals surface area contributed by atoms with Crippen LogP contribution in [0.4, 0.5) is 11.6 Å². The molecule has 7 N–H and O–H groups in total. The van der Waals surface area contributed by atoms with E-state index >= 15 is 0 Å². The van der Waals surface area contributed by atoms with Gasteiger partial charge >= 0.3 is 0 Å². The highest BCUT2D eigenvalue weighted by Gasteiger charge is 2.45. The minimum Gasteiger partial charge on any atom is -0.394 e. The summed E-state index contributed by atoms with van der Waals surface area (Å²) in [6.45, 7) is -0.990. The van der Waals surface area contributed by atoms with Crippen molar-refractivity contribution >= 4 is 45.9 Å². The normalized spacial score (nSPS) is 29.8. The second kappa shape index (κ2) is 9.96. The van der Waals surface area contributed by atoms with Crippen LogP contribution in [0.3, 0.4) is 0 Å². The molecule has 8 atom stereocenters. The highest BCUT2D eigenvalue weighted by molar-refractivity contribution is 5.94. The number of carbonyl (C=O) groups is 1. The van der Waals surface area contributed by atoms with E-state index in [1.165, 1.54) is 38.8 Å². The van der Waals surface area contributed by atoms with Gasteiger partial charge in [0, 0.05) is 0 Å². The number of imidazole rings is 3. The van der Waals surface area contributed by atoms with Gasteiger partial charge in [-0.05, 0) is 0 Å². The van der Waals surface area contributed by atoms with Gasteiger partial charge in [-0.3, -0.25) is 18.3 Å². The largest absolute Gasteiger partial charge is 0.394 e. The molecule has 0 saturated carbocycles. The number of aliphatic hydroxyl groups excluding tert-OH is 6. The van der Waals surface area contributed by atoms with Gasteiger partial charge in [-0.15, -0.1) is 0 Å². The van der Waals surface area contributed by atoms with Crippen LogP contribution in [0.1, 0.15) is 22.9 Å². The second-order valence-corrected chi connectivity index (χ2v) is 9.85. The molecule has 2 aliphatic rings. The molecule has 2 fully saturated rings. The number of nitrogens with one attached hydrogen (secondary N) is 1. The molecule has 5 aromatic heterocycles. The van der Waals surface area contributed by atoms with Crippen molar-refractivity contribution in [1.82, 2.24) is 43.4 Å². The Morgan fingerprint density at radius 3 is 1.90 bits per heavy atom. The molecule has 0 spiro atoms. The molecule has 2 saturated heterocycles. The molecule has 0 amide bonds. The van der Waals surface area contributed by atoms with Crippen LogP contribution in [-0.4, -0.2) is 130 Å². The number of hydrogen-bond acceptors (Lipinski definition) is 16.